The molecule has 180 valence electrons. The minimum atomic E-state index is -0.660. The lowest BCUT2D eigenvalue weighted by atomic mass is 10.1. The van der Waals surface area contributed by atoms with E-state index in [9.17, 15) is 14.6 Å². The Bertz CT molecular complexity index is 1080. The molecule has 0 saturated carbocycles. The van der Waals surface area contributed by atoms with Crippen molar-refractivity contribution in [1.82, 2.24) is 4.90 Å². The first kappa shape index (κ1) is 24.2. The van der Waals surface area contributed by atoms with Crippen molar-refractivity contribution >= 4 is 11.8 Å². The van der Waals surface area contributed by atoms with E-state index in [0.29, 0.717) is 23.3 Å². The summed E-state index contributed by atoms with van der Waals surface area (Å²) in [5.41, 5.74) is 0.860. The van der Waals surface area contributed by atoms with Gasteiger partial charge in [-0.15, -0.1) is 11.8 Å². The zero-order valence-electron chi connectivity index (χ0n) is 19.2. The third kappa shape index (κ3) is 6.15. The molecule has 34 heavy (non-hydrogen) atoms. The zero-order chi connectivity index (χ0) is 23.9. The van der Waals surface area contributed by atoms with E-state index in [1.54, 1.807) is 24.3 Å². The Morgan fingerprint density at radius 2 is 1.82 bits per heavy atom. The summed E-state index contributed by atoms with van der Waals surface area (Å²) in [6.45, 7) is 5.91. The van der Waals surface area contributed by atoms with E-state index in [0.717, 1.165) is 17.9 Å². The number of aromatic hydroxyl groups is 2. The number of benzene rings is 3. The molecule has 2 N–H and O–H groups in total. The molecule has 0 bridgehead atoms. The van der Waals surface area contributed by atoms with Gasteiger partial charge in [-0.2, -0.15) is 0 Å². The number of phenolic OH excluding ortho intramolecular Hbond substituents is 2. The number of nitrogens with zero attached hydrogens (tertiary/aromatic N) is 1. The lowest BCUT2D eigenvalue weighted by molar-refractivity contribution is 0.172. The van der Waals surface area contributed by atoms with E-state index in [-0.39, 0.29) is 16.7 Å². The minimum Gasteiger partial charge on any atom is -0.508 e. The van der Waals surface area contributed by atoms with E-state index >= 15 is 0 Å². The van der Waals surface area contributed by atoms with Crippen LogP contribution in [-0.4, -0.2) is 47.5 Å². The molecule has 2 aliphatic heterocycles. The Hall–Kier alpha value is -2.90. The van der Waals surface area contributed by atoms with Crippen molar-refractivity contribution < 1.29 is 24.1 Å². The van der Waals surface area contributed by atoms with Gasteiger partial charge in [-0.3, -0.25) is 4.90 Å². The van der Waals surface area contributed by atoms with Crippen molar-refractivity contribution in [3.8, 4) is 23.0 Å². The van der Waals surface area contributed by atoms with Crippen molar-refractivity contribution in [1.29, 1.82) is 0 Å². The molecule has 7 heteroatoms. The van der Waals surface area contributed by atoms with Gasteiger partial charge >= 0.3 is 0 Å². The number of hydrogen-bond donors (Lipinski definition) is 2. The highest BCUT2D eigenvalue weighted by Gasteiger charge is 2.26. The van der Waals surface area contributed by atoms with Gasteiger partial charge in [-0.1, -0.05) is 30.3 Å². The van der Waals surface area contributed by atoms with Crippen LogP contribution in [0.5, 0.6) is 23.0 Å². The van der Waals surface area contributed by atoms with Crippen LogP contribution in [0.4, 0.5) is 4.39 Å². The van der Waals surface area contributed by atoms with Gasteiger partial charge in [0.05, 0.1) is 10.1 Å². The van der Waals surface area contributed by atoms with Crippen LogP contribution in [-0.2, 0) is 0 Å². The van der Waals surface area contributed by atoms with Crippen LogP contribution in [0.1, 0.15) is 30.6 Å². The largest absolute Gasteiger partial charge is 0.508 e. The minimum absolute atomic E-state index is 0.115. The van der Waals surface area contributed by atoms with Crippen molar-refractivity contribution in [2.45, 2.75) is 36.0 Å². The summed E-state index contributed by atoms with van der Waals surface area (Å²) >= 11 is 1.29. The number of halogens is 1. The highest BCUT2D eigenvalue weighted by atomic mass is 32.2. The Balaban J connectivity index is 0.000000166. The summed E-state index contributed by atoms with van der Waals surface area (Å²) in [4.78, 5) is 2.81. The van der Waals surface area contributed by atoms with E-state index in [1.165, 1.54) is 43.8 Å². The van der Waals surface area contributed by atoms with E-state index in [1.807, 2.05) is 36.4 Å². The number of hydrogen-bond acceptors (Lipinski definition) is 6. The second-order valence-corrected chi connectivity index (χ2v) is 9.67. The summed E-state index contributed by atoms with van der Waals surface area (Å²) < 4.78 is 25.1. The lowest BCUT2D eigenvalue weighted by Crippen LogP contribution is -2.34. The van der Waals surface area contributed by atoms with E-state index < -0.39 is 5.82 Å². The maximum Gasteiger partial charge on any atom is 0.182 e. The molecule has 1 fully saturated rings. The molecule has 2 heterocycles. The summed E-state index contributed by atoms with van der Waals surface area (Å²) in [6.07, 6.45) is 2.69. The van der Waals surface area contributed by atoms with Crippen molar-refractivity contribution in [2.75, 3.05) is 26.3 Å². The molecular weight excluding hydrogens is 453 g/mol. The fourth-order valence-electron chi connectivity index (χ4n) is 4.00. The molecule has 5 rings (SSSR count). The Kier molecular flexibility index (Phi) is 8.19. The highest BCUT2D eigenvalue weighted by Crippen LogP contribution is 2.47. The average Bonchev–Trinajstić information content (AvgIpc) is 3.41. The number of para-hydroxylation sites is 1. The topological polar surface area (TPSA) is 62.2 Å². The smallest absolute Gasteiger partial charge is 0.182 e. The first-order chi connectivity index (χ1) is 16.5. The zero-order valence-corrected chi connectivity index (χ0v) is 20.0. The van der Waals surface area contributed by atoms with Crippen LogP contribution < -0.4 is 9.47 Å². The van der Waals surface area contributed by atoms with Gasteiger partial charge in [0.25, 0.3) is 0 Å². The molecule has 3 aromatic carbocycles. The fourth-order valence-corrected chi connectivity index (χ4v) is 5.16. The molecule has 5 nitrogen and oxygen atoms in total. The van der Waals surface area contributed by atoms with Crippen molar-refractivity contribution in [3.63, 3.8) is 0 Å². The third-order valence-corrected chi connectivity index (χ3v) is 7.24. The highest BCUT2D eigenvalue weighted by molar-refractivity contribution is 7.99. The quantitative estimate of drug-likeness (QED) is 0.463. The number of phenols is 2. The number of rotatable bonds is 5. The van der Waals surface area contributed by atoms with Crippen LogP contribution in [0.15, 0.2) is 71.6 Å². The van der Waals surface area contributed by atoms with E-state index in [2.05, 4.69) is 11.8 Å². The average molecular weight is 484 g/mol. The van der Waals surface area contributed by atoms with Crippen LogP contribution in [0.2, 0.25) is 0 Å². The summed E-state index contributed by atoms with van der Waals surface area (Å²) in [5, 5.41) is 18.8. The normalized spacial score (nSPS) is 18.2. The molecule has 0 aliphatic carbocycles. The van der Waals surface area contributed by atoms with Gasteiger partial charge in [0.1, 0.15) is 30.5 Å². The van der Waals surface area contributed by atoms with Gasteiger partial charge in [0.2, 0.25) is 0 Å². The van der Waals surface area contributed by atoms with Crippen LogP contribution in [0.25, 0.3) is 0 Å². The van der Waals surface area contributed by atoms with Gasteiger partial charge < -0.3 is 19.7 Å². The molecule has 1 saturated heterocycles. The molecule has 0 unspecified atom stereocenters. The predicted molar refractivity (Wildman–Crippen MR) is 132 cm³/mol. The second kappa shape index (κ2) is 11.5. The maximum atomic E-state index is 13.9. The van der Waals surface area contributed by atoms with Crippen LogP contribution >= 0.6 is 11.8 Å². The van der Waals surface area contributed by atoms with Gasteiger partial charge in [-0.25, -0.2) is 4.39 Å². The summed E-state index contributed by atoms with van der Waals surface area (Å²) in [7, 11) is 0. The molecule has 0 radical (unpaired) electrons. The SMILES string of the molecule is C[C@@H](COc1ccccc1)N1CCCC1.Oc1cccc([C@@H]2COc3ccc(O)c(F)c3S2)c1. The predicted octanol–water partition coefficient (Wildman–Crippen LogP) is 6.01. The Labute approximate surface area is 204 Å². The molecule has 2 aliphatic rings. The summed E-state index contributed by atoms with van der Waals surface area (Å²) in [6, 6.07) is 20.2. The van der Waals surface area contributed by atoms with Crippen molar-refractivity contribution in [2.24, 2.45) is 0 Å². The Morgan fingerprint density at radius 3 is 2.56 bits per heavy atom. The first-order valence-corrected chi connectivity index (χ1v) is 12.4. The van der Waals surface area contributed by atoms with Gasteiger partial charge in [0, 0.05) is 6.04 Å². The van der Waals surface area contributed by atoms with E-state index in [4.69, 9.17) is 9.47 Å². The first-order valence-electron chi connectivity index (χ1n) is 11.5. The molecule has 0 amide bonds. The monoisotopic (exact) mass is 483 g/mol. The Morgan fingerprint density at radius 1 is 1.06 bits per heavy atom. The molecule has 2 atom stereocenters. The van der Waals surface area contributed by atoms with Crippen molar-refractivity contribution in [3.05, 3.63) is 78.1 Å². The molecule has 0 spiro atoms. The summed E-state index contributed by atoms with van der Waals surface area (Å²) in [5.74, 6) is 0.541. The number of ether oxygens (including phenoxy) is 2. The maximum absolute atomic E-state index is 13.9. The second-order valence-electron chi connectivity index (χ2n) is 8.45. The third-order valence-electron chi connectivity index (χ3n) is 5.93. The number of fused-ring (bicyclic) bond motifs is 1. The molecule has 0 aromatic heterocycles. The standard InChI is InChI=1S/C14H11FO3S.C13H19NO/c15-13-10(17)4-5-11-14(13)19-12(7-18-11)8-2-1-3-9(16)6-8;1-12(14-9-5-6-10-14)11-15-13-7-3-2-4-8-13/h1-6,12,16-17H,7H2;2-4,7-8,12H,5-6,9-11H2,1H3/t2*12-/m00/s1. The fraction of sp³-hybridized carbons (Fsp3) is 0.333. The lowest BCUT2D eigenvalue weighted by Gasteiger charge is -2.25. The number of likely N-dealkylation sites (tertiary alicyclic amines) is 1. The van der Waals surface area contributed by atoms with Gasteiger partial charge in [-0.05, 0) is 74.8 Å². The van der Waals surface area contributed by atoms with Gasteiger partial charge in [0.15, 0.2) is 11.6 Å². The molecule has 3 aromatic rings. The van der Waals surface area contributed by atoms with Crippen LogP contribution in [0.3, 0.4) is 0 Å². The number of thioether (sulfide) groups is 1. The van der Waals surface area contributed by atoms with Crippen LogP contribution in [0, 0.1) is 5.82 Å². The molecular formula is C27H30FNO4S.